The molecule has 0 atom stereocenters. The number of carboxylic acids is 1. The summed E-state index contributed by atoms with van der Waals surface area (Å²) < 4.78 is 6.24. The molecule has 8 nitrogen and oxygen atoms in total. The van der Waals surface area contributed by atoms with Crippen LogP contribution in [0.15, 0.2) is 22.6 Å². The van der Waals surface area contributed by atoms with Gasteiger partial charge in [-0.3, -0.25) is 19.0 Å². The smallest absolute Gasteiger partial charge is 0.323 e. The van der Waals surface area contributed by atoms with Gasteiger partial charge in [0, 0.05) is 26.6 Å². The Bertz CT molecular complexity index is 754. The summed E-state index contributed by atoms with van der Waals surface area (Å²) in [4.78, 5) is 41.2. The number of hydrogen-bond acceptors (Lipinski definition) is 6. The molecular formula is C14H17N3O5S. The van der Waals surface area contributed by atoms with Gasteiger partial charge in [-0.05, 0) is 11.4 Å². The Hall–Kier alpha value is -2.26. The van der Waals surface area contributed by atoms with Crippen LogP contribution in [0.25, 0.3) is 10.2 Å². The number of amides is 1. The van der Waals surface area contributed by atoms with E-state index in [1.165, 1.54) is 34.2 Å². The van der Waals surface area contributed by atoms with Crippen LogP contribution in [-0.4, -0.2) is 58.2 Å². The van der Waals surface area contributed by atoms with Crippen LogP contribution >= 0.6 is 11.3 Å². The Balaban J connectivity index is 2.04. The van der Waals surface area contributed by atoms with Crippen molar-refractivity contribution in [1.82, 2.24) is 14.5 Å². The largest absolute Gasteiger partial charge is 0.480 e. The van der Waals surface area contributed by atoms with Crippen LogP contribution in [0.5, 0.6) is 0 Å². The number of aromatic nitrogens is 2. The van der Waals surface area contributed by atoms with Crippen LogP contribution in [0.2, 0.25) is 0 Å². The molecule has 23 heavy (non-hydrogen) atoms. The van der Waals surface area contributed by atoms with Crippen LogP contribution in [0.4, 0.5) is 0 Å². The van der Waals surface area contributed by atoms with Gasteiger partial charge in [0.05, 0.1) is 18.3 Å². The van der Waals surface area contributed by atoms with Gasteiger partial charge in [0.2, 0.25) is 5.91 Å². The maximum atomic E-state index is 12.2. The Kier molecular flexibility index (Phi) is 5.83. The number of methoxy groups -OCH3 is 1. The van der Waals surface area contributed by atoms with Crippen LogP contribution < -0.4 is 5.56 Å². The molecule has 0 aliphatic rings. The molecule has 2 heterocycles. The van der Waals surface area contributed by atoms with Gasteiger partial charge in [-0.2, -0.15) is 0 Å². The van der Waals surface area contributed by atoms with Gasteiger partial charge in [-0.15, -0.1) is 11.3 Å². The molecule has 0 aliphatic heterocycles. The number of ether oxygens (including phenoxy) is 1. The number of carboxylic acid groups (broad SMARTS) is 1. The first-order valence-corrected chi connectivity index (χ1v) is 7.82. The predicted molar refractivity (Wildman–Crippen MR) is 84.6 cm³/mol. The summed E-state index contributed by atoms with van der Waals surface area (Å²) in [5.74, 6) is -1.44. The molecule has 0 spiro atoms. The number of carbonyl (C=O) groups excluding carboxylic acids is 1. The lowest BCUT2D eigenvalue weighted by Gasteiger charge is -2.20. The highest BCUT2D eigenvalue weighted by molar-refractivity contribution is 7.16. The molecule has 124 valence electrons. The summed E-state index contributed by atoms with van der Waals surface area (Å²) in [7, 11) is 1.48. The maximum Gasteiger partial charge on any atom is 0.323 e. The van der Waals surface area contributed by atoms with Gasteiger partial charge >= 0.3 is 5.97 Å². The van der Waals surface area contributed by atoms with Gasteiger partial charge < -0.3 is 14.7 Å². The van der Waals surface area contributed by atoms with Crippen LogP contribution in [0.3, 0.4) is 0 Å². The van der Waals surface area contributed by atoms with E-state index in [0.717, 1.165) is 0 Å². The molecule has 1 amide bonds. The van der Waals surface area contributed by atoms with Crippen LogP contribution in [0.1, 0.15) is 6.42 Å². The van der Waals surface area contributed by atoms with E-state index < -0.39 is 5.97 Å². The van der Waals surface area contributed by atoms with E-state index >= 15 is 0 Å². The van der Waals surface area contributed by atoms with E-state index in [2.05, 4.69) is 4.98 Å². The summed E-state index contributed by atoms with van der Waals surface area (Å²) in [6.07, 6.45) is 1.43. The number of rotatable bonds is 8. The van der Waals surface area contributed by atoms with Crippen molar-refractivity contribution in [3.05, 3.63) is 28.1 Å². The number of hydrogen-bond donors (Lipinski definition) is 1. The quantitative estimate of drug-likeness (QED) is 0.747. The highest BCUT2D eigenvalue weighted by Gasteiger charge is 2.17. The number of fused-ring (bicyclic) bond motifs is 1. The molecule has 0 saturated carbocycles. The molecule has 2 rings (SSSR count). The van der Waals surface area contributed by atoms with Crippen molar-refractivity contribution in [1.29, 1.82) is 0 Å². The van der Waals surface area contributed by atoms with Crippen molar-refractivity contribution < 1.29 is 19.4 Å². The molecule has 0 saturated heterocycles. The zero-order valence-corrected chi connectivity index (χ0v) is 13.4. The molecule has 0 radical (unpaired) electrons. The molecule has 0 unspecified atom stereocenters. The van der Waals surface area contributed by atoms with Crippen molar-refractivity contribution in [2.24, 2.45) is 0 Å². The zero-order valence-electron chi connectivity index (χ0n) is 12.6. The van der Waals surface area contributed by atoms with Gasteiger partial charge in [0.15, 0.2) is 0 Å². The minimum atomic E-state index is -1.09. The van der Waals surface area contributed by atoms with Crippen molar-refractivity contribution in [2.45, 2.75) is 13.0 Å². The standard InChI is InChI=1S/C14H17N3O5S/c1-22-6-5-16(8-12(19)20)11(18)2-4-17-9-15-13-10(14(17)21)3-7-23-13/h3,7,9H,2,4-6,8H2,1H3,(H,19,20). The van der Waals surface area contributed by atoms with E-state index in [0.29, 0.717) is 10.2 Å². The van der Waals surface area contributed by atoms with Gasteiger partial charge in [0.1, 0.15) is 11.4 Å². The van der Waals surface area contributed by atoms with Crippen LogP contribution in [0, 0.1) is 0 Å². The fourth-order valence-corrected chi connectivity index (χ4v) is 2.81. The Labute approximate surface area is 135 Å². The molecule has 0 bridgehead atoms. The first kappa shape index (κ1) is 17.1. The topological polar surface area (TPSA) is 102 Å². The highest BCUT2D eigenvalue weighted by atomic mass is 32.1. The van der Waals surface area contributed by atoms with Gasteiger partial charge in [0.25, 0.3) is 5.56 Å². The number of thiophene rings is 1. The van der Waals surface area contributed by atoms with E-state index in [1.807, 2.05) is 0 Å². The number of aryl methyl sites for hydroxylation is 1. The van der Waals surface area contributed by atoms with Gasteiger partial charge in [-0.1, -0.05) is 0 Å². The number of carbonyl (C=O) groups is 2. The molecule has 1 N–H and O–H groups in total. The Morgan fingerprint density at radius 1 is 1.48 bits per heavy atom. The molecule has 9 heteroatoms. The maximum absolute atomic E-state index is 12.2. The highest BCUT2D eigenvalue weighted by Crippen LogP contribution is 2.13. The lowest BCUT2D eigenvalue weighted by Crippen LogP contribution is -2.38. The van der Waals surface area contributed by atoms with Crippen LogP contribution in [-0.2, 0) is 20.9 Å². The monoisotopic (exact) mass is 339 g/mol. The third kappa shape index (κ3) is 4.36. The third-order valence-electron chi connectivity index (χ3n) is 3.26. The third-order valence-corrected chi connectivity index (χ3v) is 4.08. The molecule has 2 aromatic rings. The minimum Gasteiger partial charge on any atom is -0.480 e. The normalized spacial score (nSPS) is 10.8. The van der Waals surface area contributed by atoms with Crippen molar-refractivity contribution in [3.8, 4) is 0 Å². The first-order valence-electron chi connectivity index (χ1n) is 6.94. The zero-order chi connectivity index (χ0) is 16.8. The summed E-state index contributed by atoms with van der Waals surface area (Å²) in [5.41, 5.74) is -0.203. The Morgan fingerprint density at radius 3 is 2.96 bits per heavy atom. The molecule has 2 aromatic heterocycles. The van der Waals surface area contributed by atoms with E-state index in [-0.39, 0.29) is 44.1 Å². The fraction of sp³-hybridized carbons (Fsp3) is 0.429. The minimum absolute atomic E-state index is 0.0220. The summed E-state index contributed by atoms with van der Waals surface area (Å²) in [6, 6.07) is 1.70. The SMILES string of the molecule is COCCN(CC(=O)O)C(=O)CCn1cnc2sccc2c1=O. The van der Waals surface area contributed by atoms with Crippen molar-refractivity contribution in [3.63, 3.8) is 0 Å². The molecule has 0 aliphatic carbocycles. The van der Waals surface area contributed by atoms with E-state index in [9.17, 15) is 14.4 Å². The molecule has 0 aromatic carbocycles. The fourth-order valence-electron chi connectivity index (χ4n) is 2.08. The van der Waals surface area contributed by atoms with E-state index in [1.54, 1.807) is 11.4 Å². The summed E-state index contributed by atoms with van der Waals surface area (Å²) >= 11 is 1.38. The second kappa shape index (κ2) is 7.84. The summed E-state index contributed by atoms with van der Waals surface area (Å²) in [5, 5.41) is 11.2. The van der Waals surface area contributed by atoms with Gasteiger partial charge in [-0.25, -0.2) is 4.98 Å². The second-order valence-electron chi connectivity index (χ2n) is 4.83. The molecule has 0 fully saturated rings. The lowest BCUT2D eigenvalue weighted by atomic mass is 10.3. The second-order valence-corrected chi connectivity index (χ2v) is 5.73. The Morgan fingerprint density at radius 2 is 2.26 bits per heavy atom. The molecular weight excluding hydrogens is 322 g/mol. The number of aliphatic carboxylic acids is 1. The average Bonchev–Trinajstić information content (AvgIpc) is 2.99. The number of nitrogens with zero attached hydrogens (tertiary/aromatic N) is 3. The predicted octanol–water partition coefficient (Wildman–Crippen LogP) is 0.408. The van der Waals surface area contributed by atoms with Crippen molar-refractivity contribution >= 4 is 33.4 Å². The lowest BCUT2D eigenvalue weighted by molar-refractivity contribution is -0.145. The summed E-state index contributed by atoms with van der Waals surface area (Å²) in [6.45, 7) is 0.207. The first-order chi connectivity index (χ1) is 11.0. The average molecular weight is 339 g/mol. The van der Waals surface area contributed by atoms with E-state index in [4.69, 9.17) is 9.84 Å². The van der Waals surface area contributed by atoms with Crippen molar-refractivity contribution in [2.75, 3.05) is 26.8 Å².